The average Bonchev–Trinajstić information content (AvgIpc) is 2.45. The third kappa shape index (κ3) is 4.83. The Labute approximate surface area is 139 Å². The number of likely N-dealkylation sites (tertiary alicyclic amines) is 1. The highest BCUT2D eigenvalue weighted by Gasteiger charge is 2.34. The van der Waals surface area contributed by atoms with Crippen LogP contribution in [-0.4, -0.2) is 65.7 Å². The number of nitrogens with one attached hydrogen (secondary N) is 1. The number of ether oxygens (including phenoxy) is 1. The minimum atomic E-state index is -0.304. The molecular formula is C17H31N3O3. The molecular weight excluding hydrogens is 294 g/mol. The molecule has 0 aromatic heterocycles. The van der Waals surface area contributed by atoms with Crippen molar-refractivity contribution in [2.45, 2.75) is 65.2 Å². The summed E-state index contributed by atoms with van der Waals surface area (Å²) in [6.07, 6.45) is 1.70. The SMILES string of the molecule is CC1CN(C(=O)NC2CCN(C(=O)C(C)C)CC2)CC(C)(C)O1. The molecule has 0 radical (unpaired) electrons. The first kappa shape index (κ1) is 18.0. The zero-order valence-corrected chi connectivity index (χ0v) is 15.1. The molecule has 0 aromatic carbocycles. The summed E-state index contributed by atoms with van der Waals surface area (Å²) in [6.45, 7) is 12.6. The van der Waals surface area contributed by atoms with Gasteiger partial charge in [0, 0.05) is 31.6 Å². The van der Waals surface area contributed by atoms with Crippen LogP contribution in [0.15, 0.2) is 0 Å². The second kappa shape index (κ2) is 7.07. The monoisotopic (exact) mass is 325 g/mol. The molecule has 2 fully saturated rings. The number of hydrogen-bond donors (Lipinski definition) is 1. The average molecular weight is 325 g/mol. The summed E-state index contributed by atoms with van der Waals surface area (Å²) in [5.74, 6) is 0.247. The van der Waals surface area contributed by atoms with Crippen molar-refractivity contribution in [3.63, 3.8) is 0 Å². The molecule has 0 aromatic rings. The van der Waals surface area contributed by atoms with E-state index in [9.17, 15) is 9.59 Å². The maximum Gasteiger partial charge on any atom is 0.317 e. The Kier molecular flexibility index (Phi) is 5.55. The van der Waals surface area contributed by atoms with E-state index in [0.717, 1.165) is 25.9 Å². The lowest BCUT2D eigenvalue weighted by molar-refractivity contribution is -0.135. The van der Waals surface area contributed by atoms with Crippen LogP contribution < -0.4 is 5.32 Å². The van der Waals surface area contributed by atoms with Gasteiger partial charge < -0.3 is 19.9 Å². The van der Waals surface area contributed by atoms with Crippen LogP contribution in [0, 0.1) is 5.92 Å². The van der Waals surface area contributed by atoms with Crippen molar-refractivity contribution in [3.05, 3.63) is 0 Å². The van der Waals surface area contributed by atoms with Gasteiger partial charge in [-0.2, -0.15) is 0 Å². The minimum absolute atomic E-state index is 0.0122. The highest BCUT2D eigenvalue weighted by Crippen LogP contribution is 2.21. The van der Waals surface area contributed by atoms with Gasteiger partial charge in [0.2, 0.25) is 5.91 Å². The van der Waals surface area contributed by atoms with Gasteiger partial charge in [-0.1, -0.05) is 13.8 Å². The van der Waals surface area contributed by atoms with E-state index < -0.39 is 0 Å². The molecule has 132 valence electrons. The third-order valence-corrected chi connectivity index (χ3v) is 4.48. The number of morpholine rings is 1. The number of rotatable bonds is 2. The smallest absolute Gasteiger partial charge is 0.317 e. The molecule has 3 amide bonds. The standard InChI is InChI=1S/C17H31N3O3/c1-12(2)15(21)19-8-6-14(7-9-19)18-16(22)20-10-13(3)23-17(4,5)11-20/h12-14H,6-11H2,1-5H3,(H,18,22). The molecule has 1 atom stereocenters. The van der Waals surface area contributed by atoms with E-state index in [4.69, 9.17) is 4.74 Å². The molecule has 0 aliphatic carbocycles. The normalized spacial score (nSPS) is 25.6. The topological polar surface area (TPSA) is 61.9 Å². The molecule has 6 nitrogen and oxygen atoms in total. The van der Waals surface area contributed by atoms with E-state index in [1.165, 1.54) is 0 Å². The van der Waals surface area contributed by atoms with Crippen LogP contribution in [0.1, 0.15) is 47.5 Å². The second-order valence-corrected chi connectivity index (χ2v) is 7.77. The number of carbonyl (C=O) groups is 2. The highest BCUT2D eigenvalue weighted by atomic mass is 16.5. The highest BCUT2D eigenvalue weighted by molar-refractivity contribution is 5.78. The van der Waals surface area contributed by atoms with Gasteiger partial charge in [0.1, 0.15) is 0 Å². The predicted molar refractivity (Wildman–Crippen MR) is 89.2 cm³/mol. The third-order valence-electron chi connectivity index (χ3n) is 4.48. The largest absolute Gasteiger partial charge is 0.369 e. The Morgan fingerprint density at radius 3 is 2.30 bits per heavy atom. The van der Waals surface area contributed by atoms with E-state index >= 15 is 0 Å². The fourth-order valence-electron chi connectivity index (χ4n) is 3.48. The fourth-order valence-corrected chi connectivity index (χ4v) is 3.48. The van der Waals surface area contributed by atoms with Crippen LogP contribution in [0.2, 0.25) is 0 Å². The fraction of sp³-hybridized carbons (Fsp3) is 0.882. The molecule has 0 spiro atoms. The molecule has 2 rings (SSSR count). The van der Waals surface area contributed by atoms with Crippen molar-refractivity contribution >= 4 is 11.9 Å². The summed E-state index contributed by atoms with van der Waals surface area (Å²) in [7, 11) is 0. The molecule has 2 saturated heterocycles. The van der Waals surface area contributed by atoms with Crippen molar-refractivity contribution in [2.75, 3.05) is 26.2 Å². The summed E-state index contributed by atoms with van der Waals surface area (Å²) in [5, 5.41) is 3.13. The van der Waals surface area contributed by atoms with Gasteiger partial charge in [0.25, 0.3) is 0 Å². The first-order chi connectivity index (χ1) is 10.7. The molecule has 6 heteroatoms. The van der Waals surface area contributed by atoms with Gasteiger partial charge in [-0.25, -0.2) is 4.79 Å². The van der Waals surface area contributed by atoms with Crippen LogP contribution in [0.25, 0.3) is 0 Å². The number of carbonyl (C=O) groups excluding carboxylic acids is 2. The van der Waals surface area contributed by atoms with Crippen LogP contribution in [0.3, 0.4) is 0 Å². The summed E-state index contributed by atoms with van der Waals surface area (Å²) in [4.78, 5) is 28.3. The first-order valence-corrected chi connectivity index (χ1v) is 8.70. The summed E-state index contributed by atoms with van der Waals surface area (Å²) < 4.78 is 5.84. The van der Waals surface area contributed by atoms with Crippen LogP contribution in [-0.2, 0) is 9.53 Å². The van der Waals surface area contributed by atoms with E-state index in [1.807, 2.05) is 44.4 Å². The number of hydrogen-bond acceptors (Lipinski definition) is 3. The van der Waals surface area contributed by atoms with Crippen molar-refractivity contribution in [2.24, 2.45) is 5.92 Å². The van der Waals surface area contributed by atoms with Gasteiger partial charge in [-0.05, 0) is 33.6 Å². The Hall–Kier alpha value is -1.30. The lowest BCUT2D eigenvalue weighted by Gasteiger charge is -2.42. The molecule has 2 heterocycles. The lowest BCUT2D eigenvalue weighted by atomic mass is 10.0. The van der Waals surface area contributed by atoms with E-state index in [-0.39, 0.29) is 35.6 Å². The Morgan fingerprint density at radius 2 is 1.78 bits per heavy atom. The van der Waals surface area contributed by atoms with E-state index in [0.29, 0.717) is 13.1 Å². The van der Waals surface area contributed by atoms with Crippen LogP contribution in [0.4, 0.5) is 4.79 Å². The van der Waals surface area contributed by atoms with Crippen molar-refractivity contribution in [1.82, 2.24) is 15.1 Å². The quantitative estimate of drug-likeness (QED) is 0.843. The minimum Gasteiger partial charge on any atom is -0.369 e. The van der Waals surface area contributed by atoms with Gasteiger partial charge >= 0.3 is 6.03 Å². The molecule has 0 saturated carbocycles. The zero-order chi connectivity index (χ0) is 17.2. The summed E-state index contributed by atoms with van der Waals surface area (Å²) >= 11 is 0. The first-order valence-electron chi connectivity index (χ1n) is 8.70. The molecule has 2 aliphatic heterocycles. The summed E-state index contributed by atoms with van der Waals surface area (Å²) in [5.41, 5.74) is -0.304. The van der Waals surface area contributed by atoms with Gasteiger partial charge in [0.05, 0.1) is 18.2 Å². The lowest BCUT2D eigenvalue weighted by Crippen LogP contribution is -2.58. The molecule has 1 unspecified atom stereocenters. The number of piperidine rings is 1. The van der Waals surface area contributed by atoms with Gasteiger partial charge in [0.15, 0.2) is 0 Å². The van der Waals surface area contributed by atoms with Crippen LogP contribution in [0.5, 0.6) is 0 Å². The summed E-state index contributed by atoms with van der Waals surface area (Å²) in [6, 6.07) is 0.141. The van der Waals surface area contributed by atoms with Crippen molar-refractivity contribution < 1.29 is 14.3 Å². The molecule has 23 heavy (non-hydrogen) atoms. The number of amides is 3. The molecule has 0 bridgehead atoms. The van der Waals surface area contributed by atoms with Gasteiger partial charge in [-0.3, -0.25) is 4.79 Å². The van der Waals surface area contributed by atoms with E-state index in [2.05, 4.69) is 5.32 Å². The molecule has 1 N–H and O–H groups in total. The Balaban J connectivity index is 1.82. The Bertz CT molecular complexity index is 442. The maximum atomic E-state index is 12.5. The van der Waals surface area contributed by atoms with E-state index in [1.54, 1.807) is 0 Å². The maximum absolute atomic E-state index is 12.5. The predicted octanol–water partition coefficient (Wildman–Crippen LogP) is 1.84. The van der Waals surface area contributed by atoms with Crippen LogP contribution >= 0.6 is 0 Å². The number of nitrogens with zero attached hydrogens (tertiary/aromatic N) is 2. The van der Waals surface area contributed by atoms with Gasteiger partial charge in [-0.15, -0.1) is 0 Å². The number of urea groups is 1. The van der Waals surface area contributed by atoms with Crippen molar-refractivity contribution in [1.29, 1.82) is 0 Å². The molecule has 2 aliphatic rings. The zero-order valence-electron chi connectivity index (χ0n) is 15.1. The second-order valence-electron chi connectivity index (χ2n) is 7.77. The van der Waals surface area contributed by atoms with Crippen molar-refractivity contribution in [3.8, 4) is 0 Å². The Morgan fingerprint density at radius 1 is 1.17 bits per heavy atom.